The molecule has 0 aliphatic carbocycles. The Labute approximate surface area is 442 Å². The number of aromatic nitrogens is 4. The molecule has 0 amide bonds. The summed E-state index contributed by atoms with van der Waals surface area (Å²) in [7, 11) is 0. The number of nitrogens with zero attached hydrogens (tertiary/aromatic N) is 4. The van der Waals surface area contributed by atoms with Gasteiger partial charge in [0.2, 0.25) is 0 Å². The number of benzene rings is 9. The van der Waals surface area contributed by atoms with Crippen LogP contribution in [-0.2, 0) is 30.9 Å². The van der Waals surface area contributed by atoms with Gasteiger partial charge in [0, 0.05) is 53.9 Å². The minimum Gasteiger partial charge on any atom is -0.501 e. The summed E-state index contributed by atoms with van der Waals surface area (Å²) in [4.78, 5) is 14.4. The summed E-state index contributed by atoms with van der Waals surface area (Å²) in [5, 5.41) is 9.39. The van der Waals surface area contributed by atoms with Gasteiger partial charge < -0.3 is 8.98 Å². The first-order chi connectivity index (χ1) is 34.6. The fraction of sp³-hybridized carbons (Fsp3) is 0.209. The second kappa shape index (κ2) is 19.3. The van der Waals surface area contributed by atoms with Crippen molar-refractivity contribution in [2.75, 3.05) is 0 Å². The Hall–Kier alpha value is -7.24. The topological polar surface area (TPSA) is 56.7 Å². The Bertz CT molecular complexity index is 3970. The molecule has 5 nitrogen and oxygen atoms in total. The third kappa shape index (κ3) is 9.17. The Morgan fingerprint density at radius 3 is 1.93 bits per heavy atom. The van der Waals surface area contributed by atoms with Gasteiger partial charge in [0.05, 0.1) is 28.3 Å². The molecule has 0 aliphatic rings. The molecule has 1 radical (unpaired) electrons. The molecule has 0 aliphatic heterocycles. The molecule has 3 heterocycles. The summed E-state index contributed by atoms with van der Waals surface area (Å²) in [6.07, 6.45) is 1.81. The standard InChI is InChI=1S/C53H45N2O.C14H15N2.Ir/c1-31(2)42-27-37(33-14-9-8-10-15-33)28-43(32(3)4)49(42)55-50-45-29-38(53(5,6)7)24-22-35(45)23-25-47(50)54-52(55)41-19-13-18-40-46-26-36-21-20-34-16-11-12-17-39(34)44(36)30-48(46)56-51(40)41;1-14(2,3)12-9-10-15-13(16-12)11-7-5-4-6-8-11;/h8-18,20-32H,1-7H3;4-7,9-10H,1-3H3;/q2*-1;. The average molecular weight is 1130 g/mol. The van der Waals surface area contributed by atoms with Crippen molar-refractivity contribution in [1.82, 2.24) is 19.5 Å². The van der Waals surface area contributed by atoms with Crippen LogP contribution in [0.1, 0.15) is 103 Å². The summed E-state index contributed by atoms with van der Waals surface area (Å²) < 4.78 is 9.45. The molecular weight excluding hydrogens is 1070 g/mol. The molecule has 12 aromatic rings. The van der Waals surface area contributed by atoms with Gasteiger partial charge >= 0.3 is 0 Å². The molecule has 0 N–H and O–H groups in total. The molecule has 0 unspecified atom stereocenters. The molecule has 12 rings (SSSR count). The first kappa shape index (κ1) is 49.3. The summed E-state index contributed by atoms with van der Waals surface area (Å²) in [5.41, 5.74) is 14.1. The van der Waals surface area contributed by atoms with Gasteiger partial charge in [0.1, 0.15) is 5.58 Å². The Kier molecular flexibility index (Phi) is 13.1. The quantitative estimate of drug-likeness (QED) is 0.123. The van der Waals surface area contributed by atoms with E-state index >= 15 is 0 Å². The van der Waals surface area contributed by atoms with E-state index in [1.54, 1.807) is 0 Å². The minimum atomic E-state index is -0.0178. The van der Waals surface area contributed by atoms with Crippen molar-refractivity contribution < 1.29 is 24.5 Å². The molecule has 0 spiro atoms. The monoisotopic (exact) mass is 1130 g/mol. The van der Waals surface area contributed by atoms with E-state index in [-0.39, 0.29) is 42.8 Å². The first-order valence-electron chi connectivity index (χ1n) is 25.3. The van der Waals surface area contributed by atoms with Gasteiger partial charge in [0.15, 0.2) is 0 Å². The van der Waals surface area contributed by atoms with E-state index in [2.05, 4.69) is 223 Å². The van der Waals surface area contributed by atoms with Crippen molar-refractivity contribution in [3.8, 4) is 39.6 Å². The molecule has 3 aromatic heterocycles. The van der Waals surface area contributed by atoms with Gasteiger partial charge in [-0.25, -0.2) is 0 Å². The molecule has 0 bridgehead atoms. The van der Waals surface area contributed by atoms with Gasteiger partial charge in [-0.1, -0.05) is 165 Å². The van der Waals surface area contributed by atoms with Gasteiger partial charge in [-0.2, -0.15) is 0 Å². The van der Waals surface area contributed by atoms with Gasteiger partial charge in [-0.05, 0) is 114 Å². The van der Waals surface area contributed by atoms with Crippen LogP contribution < -0.4 is 0 Å². The van der Waals surface area contributed by atoms with E-state index in [0.717, 1.165) is 61.4 Å². The third-order valence-electron chi connectivity index (χ3n) is 14.1. The minimum absolute atomic E-state index is 0. The summed E-state index contributed by atoms with van der Waals surface area (Å²) in [6.45, 7) is 22.6. The number of hydrogen-bond acceptors (Lipinski definition) is 4. The molecule has 9 aromatic carbocycles. The maximum absolute atomic E-state index is 6.98. The summed E-state index contributed by atoms with van der Waals surface area (Å²) in [6, 6.07) is 65.2. The molecule has 6 heteroatoms. The van der Waals surface area contributed by atoms with E-state index in [4.69, 9.17) is 9.40 Å². The van der Waals surface area contributed by atoms with Gasteiger partial charge in [-0.15, -0.1) is 54.1 Å². The van der Waals surface area contributed by atoms with Crippen LogP contribution in [0.2, 0.25) is 0 Å². The van der Waals surface area contributed by atoms with Crippen LogP contribution in [0.15, 0.2) is 174 Å². The second-order valence-corrected chi connectivity index (χ2v) is 21.9. The predicted molar refractivity (Wildman–Crippen MR) is 302 cm³/mol. The van der Waals surface area contributed by atoms with E-state index in [0.29, 0.717) is 0 Å². The number of rotatable bonds is 6. The fourth-order valence-electron chi connectivity index (χ4n) is 10.2. The van der Waals surface area contributed by atoms with Crippen molar-refractivity contribution in [3.63, 3.8) is 0 Å². The van der Waals surface area contributed by atoms with E-state index in [9.17, 15) is 0 Å². The fourth-order valence-corrected chi connectivity index (χ4v) is 10.2. The van der Waals surface area contributed by atoms with Crippen molar-refractivity contribution in [3.05, 3.63) is 205 Å². The molecule has 0 atom stereocenters. The van der Waals surface area contributed by atoms with Crippen molar-refractivity contribution in [1.29, 1.82) is 0 Å². The maximum atomic E-state index is 6.98. The molecule has 365 valence electrons. The Balaban J connectivity index is 0.000000307. The van der Waals surface area contributed by atoms with Crippen LogP contribution in [-0.4, -0.2) is 19.5 Å². The van der Waals surface area contributed by atoms with Crippen LogP contribution in [0.5, 0.6) is 0 Å². The van der Waals surface area contributed by atoms with Crippen LogP contribution in [0.25, 0.3) is 105 Å². The molecule has 0 fully saturated rings. The zero-order valence-corrected chi connectivity index (χ0v) is 45.7. The van der Waals surface area contributed by atoms with Crippen LogP contribution >= 0.6 is 0 Å². The Morgan fingerprint density at radius 1 is 0.534 bits per heavy atom. The van der Waals surface area contributed by atoms with Crippen LogP contribution in [0.3, 0.4) is 0 Å². The number of hydrogen-bond donors (Lipinski definition) is 0. The predicted octanol–water partition coefficient (Wildman–Crippen LogP) is 18.3. The zero-order valence-electron chi connectivity index (χ0n) is 43.4. The largest absolute Gasteiger partial charge is 0.501 e. The summed E-state index contributed by atoms with van der Waals surface area (Å²) >= 11 is 0. The molecule has 73 heavy (non-hydrogen) atoms. The van der Waals surface area contributed by atoms with Crippen LogP contribution in [0, 0.1) is 12.1 Å². The smallest absolute Gasteiger partial charge is 0.121 e. The zero-order chi connectivity index (χ0) is 50.1. The first-order valence-corrected chi connectivity index (χ1v) is 25.3. The van der Waals surface area contributed by atoms with Crippen molar-refractivity contribution in [2.24, 2.45) is 0 Å². The molecule has 0 saturated carbocycles. The van der Waals surface area contributed by atoms with Gasteiger partial charge in [-0.3, -0.25) is 15.0 Å². The number of imidazole rings is 1. The Morgan fingerprint density at radius 2 is 1.22 bits per heavy atom. The summed E-state index contributed by atoms with van der Waals surface area (Å²) in [5.74, 6) is 2.06. The molecular formula is C67H60IrN4O-2. The average Bonchev–Trinajstić information content (AvgIpc) is 3.96. The number of fused-ring (bicyclic) bond motifs is 9. The SMILES string of the molecule is CC(C)(C)c1ccnc(-c2[c-]cccc2)n1.CC(C)c1cc(-c2ccccc2)cc(C(C)C)c1-n1c(-c2[c-]ccc3c2oc2cc4c(ccc5ccccc54)cc23)nc2ccc3ccc(C(C)(C)C)cc3c21.[Ir]. The normalized spacial score (nSPS) is 12.1. The maximum Gasteiger partial charge on any atom is 0.121 e. The van der Waals surface area contributed by atoms with Crippen molar-refractivity contribution >= 4 is 65.3 Å². The second-order valence-electron chi connectivity index (χ2n) is 21.9. The van der Waals surface area contributed by atoms with E-state index in [1.165, 1.54) is 65.8 Å². The number of furan rings is 1. The van der Waals surface area contributed by atoms with Crippen LogP contribution in [0.4, 0.5) is 0 Å². The third-order valence-corrected chi connectivity index (χ3v) is 14.1. The molecule has 0 saturated heterocycles. The van der Waals surface area contributed by atoms with E-state index < -0.39 is 0 Å². The van der Waals surface area contributed by atoms with E-state index in [1.807, 2.05) is 42.6 Å². The van der Waals surface area contributed by atoms with Gasteiger partial charge in [0.25, 0.3) is 0 Å². The van der Waals surface area contributed by atoms with Crippen molar-refractivity contribution in [2.45, 2.75) is 91.9 Å².